The maximum Gasteiger partial charge on any atom is 0.280 e. The van der Waals surface area contributed by atoms with Crippen LogP contribution in [-0.2, 0) is 0 Å². The average molecular weight is 460 g/mol. The highest BCUT2D eigenvalue weighted by atomic mass is 16.5. The standard InChI is InChI=1S/C26H24N2O6/c1-5-34-17-9-10-18-19(15-28(21(18)14-17)26(30)20-8-6-7-11-27-20)24(29)16-12-22(31-2)25(33-4)23(13-16)32-3/h6-15H,5H2,1-4H3. The number of hydrogen-bond donors (Lipinski definition) is 0. The Kier molecular flexibility index (Phi) is 6.49. The second kappa shape index (κ2) is 9.66. The Bertz CT molecular complexity index is 1340. The van der Waals surface area contributed by atoms with Crippen LogP contribution >= 0.6 is 0 Å². The minimum absolute atomic E-state index is 0.257. The summed E-state index contributed by atoms with van der Waals surface area (Å²) in [4.78, 5) is 31.1. The normalized spacial score (nSPS) is 10.7. The van der Waals surface area contributed by atoms with Crippen molar-refractivity contribution in [3.05, 3.63) is 77.7 Å². The minimum atomic E-state index is -0.358. The first kappa shape index (κ1) is 22.8. The van der Waals surface area contributed by atoms with E-state index in [4.69, 9.17) is 18.9 Å². The highest BCUT2D eigenvalue weighted by molar-refractivity contribution is 6.18. The monoisotopic (exact) mass is 460 g/mol. The van der Waals surface area contributed by atoms with Gasteiger partial charge >= 0.3 is 0 Å². The molecule has 0 spiro atoms. The number of ether oxygens (including phenoxy) is 4. The zero-order valence-electron chi connectivity index (χ0n) is 19.3. The smallest absolute Gasteiger partial charge is 0.280 e. The molecule has 2 aromatic heterocycles. The third-order valence-corrected chi connectivity index (χ3v) is 5.36. The number of methoxy groups -OCH3 is 3. The summed E-state index contributed by atoms with van der Waals surface area (Å²) in [6.45, 7) is 2.35. The van der Waals surface area contributed by atoms with Gasteiger partial charge in [0.25, 0.3) is 5.91 Å². The van der Waals surface area contributed by atoms with Crippen molar-refractivity contribution in [2.24, 2.45) is 0 Å². The molecule has 4 aromatic rings. The molecule has 0 bridgehead atoms. The van der Waals surface area contributed by atoms with Crippen molar-refractivity contribution in [2.45, 2.75) is 6.92 Å². The lowest BCUT2D eigenvalue weighted by molar-refractivity contribution is 0.0960. The summed E-state index contributed by atoms with van der Waals surface area (Å²) in [5.41, 5.74) is 1.47. The van der Waals surface area contributed by atoms with E-state index in [2.05, 4.69) is 4.98 Å². The Labute approximate surface area is 196 Å². The van der Waals surface area contributed by atoms with Gasteiger partial charge in [0.1, 0.15) is 11.4 Å². The van der Waals surface area contributed by atoms with E-state index < -0.39 is 0 Å². The second-order valence-electron chi connectivity index (χ2n) is 7.29. The largest absolute Gasteiger partial charge is 0.494 e. The number of rotatable bonds is 8. The van der Waals surface area contributed by atoms with Gasteiger partial charge < -0.3 is 18.9 Å². The lowest BCUT2D eigenvalue weighted by Crippen LogP contribution is -2.12. The highest BCUT2D eigenvalue weighted by Gasteiger charge is 2.24. The molecule has 2 aromatic carbocycles. The number of fused-ring (bicyclic) bond motifs is 1. The molecule has 0 N–H and O–H groups in total. The van der Waals surface area contributed by atoms with Crippen molar-refractivity contribution < 1.29 is 28.5 Å². The van der Waals surface area contributed by atoms with E-state index in [1.165, 1.54) is 32.1 Å². The van der Waals surface area contributed by atoms with Crippen LogP contribution in [-0.4, -0.2) is 49.2 Å². The van der Waals surface area contributed by atoms with Crippen LogP contribution in [0, 0.1) is 0 Å². The van der Waals surface area contributed by atoms with Crippen LogP contribution in [0.3, 0.4) is 0 Å². The van der Waals surface area contributed by atoms with Gasteiger partial charge in [-0.1, -0.05) is 6.07 Å². The van der Waals surface area contributed by atoms with E-state index in [0.717, 1.165) is 0 Å². The van der Waals surface area contributed by atoms with E-state index in [1.807, 2.05) is 6.92 Å². The van der Waals surface area contributed by atoms with E-state index in [0.29, 0.717) is 51.6 Å². The lowest BCUT2D eigenvalue weighted by atomic mass is 10.0. The Morgan fingerprint density at radius 3 is 2.26 bits per heavy atom. The quantitative estimate of drug-likeness (QED) is 0.361. The molecular formula is C26H24N2O6. The molecule has 8 heteroatoms. The van der Waals surface area contributed by atoms with Crippen molar-refractivity contribution in [3.63, 3.8) is 0 Å². The van der Waals surface area contributed by atoms with Gasteiger partial charge in [-0.2, -0.15) is 0 Å². The second-order valence-corrected chi connectivity index (χ2v) is 7.29. The molecule has 34 heavy (non-hydrogen) atoms. The summed E-state index contributed by atoms with van der Waals surface area (Å²) in [6, 6.07) is 13.6. The summed E-state index contributed by atoms with van der Waals surface area (Å²) in [7, 11) is 4.46. The van der Waals surface area contributed by atoms with Gasteiger partial charge in [-0.05, 0) is 43.3 Å². The molecule has 0 aliphatic heterocycles. The van der Waals surface area contributed by atoms with Crippen molar-refractivity contribution in [1.82, 2.24) is 9.55 Å². The van der Waals surface area contributed by atoms with Gasteiger partial charge in [0.15, 0.2) is 17.3 Å². The Balaban J connectivity index is 1.89. The maximum absolute atomic E-state index is 13.7. The predicted molar refractivity (Wildman–Crippen MR) is 127 cm³/mol. The summed E-state index contributed by atoms with van der Waals surface area (Å²) >= 11 is 0. The first-order valence-electron chi connectivity index (χ1n) is 10.6. The summed E-state index contributed by atoms with van der Waals surface area (Å²) in [5.74, 6) is 1.03. The average Bonchev–Trinajstić information content (AvgIpc) is 3.26. The molecule has 0 amide bonds. The molecule has 0 aliphatic carbocycles. The number of hydrogen-bond acceptors (Lipinski definition) is 7. The Morgan fingerprint density at radius 2 is 1.68 bits per heavy atom. The third-order valence-electron chi connectivity index (χ3n) is 5.36. The number of benzene rings is 2. The molecule has 0 unspecified atom stereocenters. The fourth-order valence-electron chi connectivity index (χ4n) is 3.79. The predicted octanol–water partition coefficient (Wildman–Crippen LogP) is 4.38. The first-order valence-corrected chi connectivity index (χ1v) is 10.6. The molecule has 0 aliphatic rings. The summed E-state index contributed by atoms with van der Waals surface area (Å²) < 4.78 is 23.2. The number of pyridine rings is 1. The minimum Gasteiger partial charge on any atom is -0.494 e. The van der Waals surface area contributed by atoms with Crippen molar-refractivity contribution in [1.29, 1.82) is 0 Å². The van der Waals surface area contributed by atoms with Crippen LogP contribution in [0.15, 0.2) is 60.9 Å². The van der Waals surface area contributed by atoms with Crippen molar-refractivity contribution in [2.75, 3.05) is 27.9 Å². The van der Waals surface area contributed by atoms with Gasteiger partial charge in [-0.3, -0.25) is 19.1 Å². The lowest BCUT2D eigenvalue weighted by Gasteiger charge is -2.13. The molecule has 8 nitrogen and oxygen atoms in total. The van der Waals surface area contributed by atoms with Crippen molar-refractivity contribution >= 4 is 22.6 Å². The first-order chi connectivity index (χ1) is 16.5. The van der Waals surface area contributed by atoms with Crippen LogP contribution < -0.4 is 18.9 Å². The van der Waals surface area contributed by atoms with Crippen LogP contribution in [0.5, 0.6) is 23.0 Å². The third kappa shape index (κ3) is 4.05. The molecular weight excluding hydrogens is 436 g/mol. The van der Waals surface area contributed by atoms with Crippen LogP contribution in [0.4, 0.5) is 0 Å². The fraction of sp³-hybridized carbons (Fsp3) is 0.192. The van der Waals surface area contributed by atoms with Gasteiger partial charge in [-0.15, -0.1) is 0 Å². The summed E-state index contributed by atoms with van der Waals surface area (Å²) in [6.07, 6.45) is 3.08. The molecule has 4 rings (SSSR count). The zero-order valence-corrected chi connectivity index (χ0v) is 19.3. The Morgan fingerprint density at radius 1 is 0.941 bits per heavy atom. The Hall–Kier alpha value is -4.33. The number of nitrogens with zero attached hydrogens (tertiary/aromatic N) is 2. The SMILES string of the molecule is CCOc1ccc2c(C(=O)c3cc(OC)c(OC)c(OC)c3)cn(C(=O)c3ccccn3)c2c1. The molecule has 174 valence electrons. The molecule has 0 radical (unpaired) electrons. The van der Waals surface area contributed by atoms with Gasteiger partial charge in [0.05, 0.1) is 33.5 Å². The molecule has 0 fully saturated rings. The molecule has 0 saturated carbocycles. The van der Waals surface area contributed by atoms with Gasteiger partial charge in [0, 0.05) is 35.0 Å². The number of aromatic nitrogens is 2. The fourth-order valence-corrected chi connectivity index (χ4v) is 3.79. The van der Waals surface area contributed by atoms with E-state index in [9.17, 15) is 9.59 Å². The van der Waals surface area contributed by atoms with E-state index >= 15 is 0 Å². The highest BCUT2D eigenvalue weighted by Crippen LogP contribution is 2.39. The molecule has 0 saturated heterocycles. The maximum atomic E-state index is 13.7. The summed E-state index contributed by atoms with van der Waals surface area (Å²) in [5, 5.41) is 0.603. The number of ketones is 1. The van der Waals surface area contributed by atoms with Crippen molar-refractivity contribution in [3.8, 4) is 23.0 Å². The molecule has 0 atom stereocenters. The zero-order chi connectivity index (χ0) is 24.2. The van der Waals surface area contributed by atoms with Crippen LogP contribution in [0.25, 0.3) is 10.9 Å². The molecule has 2 heterocycles. The van der Waals surface area contributed by atoms with Gasteiger partial charge in [0.2, 0.25) is 5.75 Å². The van der Waals surface area contributed by atoms with E-state index in [-0.39, 0.29) is 17.4 Å². The van der Waals surface area contributed by atoms with E-state index in [1.54, 1.807) is 54.7 Å². The number of carbonyl (C=O) groups excluding carboxylic acids is 2. The number of carbonyl (C=O) groups is 2. The van der Waals surface area contributed by atoms with Gasteiger partial charge in [-0.25, -0.2) is 0 Å². The van der Waals surface area contributed by atoms with Crippen LogP contribution in [0.2, 0.25) is 0 Å². The topological polar surface area (TPSA) is 88.9 Å². The van der Waals surface area contributed by atoms with Crippen LogP contribution in [0.1, 0.15) is 33.3 Å².